The number of primary amides is 1. The number of halogens is 1. The van der Waals surface area contributed by atoms with Gasteiger partial charge >= 0.3 is 0 Å². The molecule has 0 aliphatic carbocycles. The van der Waals surface area contributed by atoms with Gasteiger partial charge in [-0.1, -0.05) is 18.2 Å². The van der Waals surface area contributed by atoms with Crippen LogP contribution >= 0.6 is 0 Å². The van der Waals surface area contributed by atoms with Crippen LogP contribution < -0.4 is 15.8 Å². The minimum atomic E-state index is -0.593. The number of nitrogens with two attached hydrogens (primary N) is 1. The summed E-state index contributed by atoms with van der Waals surface area (Å²) in [6.07, 6.45) is 0. The van der Waals surface area contributed by atoms with Gasteiger partial charge in [-0.2, -0.15) is 0 Å². The van der Waals surface area contributed by atoms with Crippen molar-refractivity contribution < 1.29 is 23.5 Å². The zero-order valence-corrected chi connectivity index (χ0v) is 15.2. The van der Waals surface area contributed by atoms with Crippen LogP contribution in [0.4, 0.5) is 10.1 Å². The highest BCUT2D eigenvalue weighted by Crippen LogP contribution is 2.19. The third-order valence-corrected chi connectivity index (χ3v) is 4.02. The molecule has 0 aliphatic heterocycles. The van der Waals surface area contributed by atoms with Crippen molar-refractivity contribution in [2.45, 2.75) is 0 Å². The summed E-state index contributed by atoms with van der Waals surface area (Å²) < 4.78 is 18.3. The smallest absolute Gasteiger partial charge is 0.256 e. The van der Waals surface area contributed by atoms with Gasteiger partial charge in [0.05, 0.1) is 5.56 Å². The average molecular weight is 392 g/mol. The van der Waals surface area contributed by atoms with E-state index < -0.39 is 17.6 Å². The predicted octanol–water partition coefficient (Wildman–Crippen LogP) is 3.17. The molecule has 0 fully saturated rings. The topological polar surface area (TPSA) is 98.5 Å². The average Bonchev–Trinajstić information content (AvgIpc) is 2.73. The first kappa shape index (κ1) is 19.8. The lowest BCUT2D eigenvalue weighted by atomic mass is 9.98. The van der Waals surface area contributed by atoms with E-state index in [9.17, 15) is 18.8 Å². The molecule has 0 spiro atoms. The largest absolute Gasteiger partial charge is 0.484 e. The number of hydrogen-bond acceptors (Lipinski definition) is 4. The van der Waals surface area contributed by atoms with E-state index in [1.807, 2.05) is 0 Å². The molecule has 7 heteroatoms. The minimum Gasteiger partial charge on any atom is -0.484 e. The summed E-state index contributed by atoms with van der Waals surface area (Å²) in [5, 5.41) is 2.71. The number of ketones is 1. The van der Waals surface area contributed by atoms with Crippen LogP contribution in [0.5, 0.6) is 5.75 Å². The number of nitrogens with one attached hydrogen (secondary N) is 1. The Hall–Kier alpha value is -4.00. The van der Waals surface area contributed by atoms with Crippen molar-refractivity contribution in [1.29, 1.82) is 0 Å². The Labute approximate surface area is 166 Å². The van der Waals surface area contributed by atoms with E-state index >= 15 is 0 Å². The molecule has 3 N–H and O–H groups in total. The quantitative estimate of drug-likeness (QED) is 0.604. The molecule has 146 valence electrons. The lowest BCUT2D eigenvalue weighted by Gasteiger charge is -2.10. The van der Waals surface area contributed by atoms with Gasteiger partial charge in [-0.05, 0) is 54.6 Å². The van der Waals surface area contributed by atoms with Gasteiger partial charge in [0.15, 0.2) is 12.4 Å². The Morgan fingerprint density at radius 2 is 1.48 bits per heavy atom. The fourth-order valence-electron chi connectivity index (χ4n) is 2.62. The maximum atomic E-state index is 13.1. The van der Waals surface area contributed by atoms with Crippen LogP contribution in [0.3, 0.4) is 0 Å². The number of amides is 2. The number of hydrogen-bond donors (Lipinski definition) is 2. The first-order chi connectivity index (χ1) is 13.9. The maximum Gasteiger partial charge on any atom is 0.256 e. The van der Waals surface area contributed by atoms with Crippen LogP contribution in [-0.4, -0.2) is 24.2 Å². The van der Waals surface area contributed by atoms with E-state index in [4.69, 9.17) is 10.5 Å². The molecule has 0 saturated heterocycles. The third-order valence-electron chi connectivity index (χ3n) is 4.02. The molecule has 0 aliphatic rings. The second-order valence-electron chi connectivity index (χ2n) is 6.12. The van der Waals surface area contributed by atoms with Crippen molar-refractivity contribution in [3.63, 3.8) is 0 Å². The standard InChI is InChI=1S/C22H17FN2O4/c23-15-7-5-14(6-8-15)21(27)18-3-1-2-4-19(18)22(28)25-16-9-11-17(12-10-16)29-13-20(24)26/h1-12H,13H2,(H2,24,26)(H,25,28). The van der Waals surface area contributed by atoms with Gasteiger partial charge in [0.2, 0.25) is 0 Å². The van der Waals surface area contributed by atoms with Crippen LogP contribution in [0.25, 0.3) is 0 Å². The summed E-state index contributed by atoms with van der Waals surface area (Å²) in [5.74, 6) is -1.47. The zero-order chi connectivity index (χ0) is 20.8. The molecule has 0 saturated carbocycles. The molecule has 0 unspecified atom stereocenters. The minimum absolute atomic E-state index is 0.191. The molecule has 2 amide bonds. The van der Waals surface area contributed by atoms with E-state index in [2.05, 4.69) is 5.32 Å². The molecule has 3 aromatic rings. The lowest BCUT2D eigenvalue weighted by Crippen LogP contribution is -2.20. The van der Waals surface area contributed by atoms with Gasteiger partial charge in [0.1, 0.15) is 11.6 Å². The highest BCUT2D eigenvalue weighted by atomic mass is 19.1. The van der Waals surface area contributed by atoms with Crippen LogP contribution in [0.2, 0.25) is 0 Å². The van der Waals surface area contributed by atoms with E-state index in [1.165, 1.54) is 30.3 Å². The van der Waals surface area contributed by atoms with E-state index in [-0.39, 0.29) is 29.1 Å². The van der Waals surface area contributed by atoms with Crippen molar-refractivity contribution in [2.75, 3.05) is 11.9 Å². The van der Waals surface area contributed by atoms with Crippen LogP contribution in [0.15, 0.2) is 72.8 Å². The number of anilines is 1. The molecule has 3 aromatic carbocycles. The Morgan fingerprint density at radius 1 is 0.862 bits per heavy atom. The molecule has 0 atom stereocenters. The first-order valence-electron chi connectivity index (χ1n) is 8.66. The first-order valence-corrected chi connectivity index (χ1v) is 8.66. The Bertz CT molecular complexity index is 1050. The fraction of sp³-hybridized carbons (Fsp3) is 0.0455. The molecular formula is C22H17FN2O4. The van der Waals surface area contributed by atoms with Gasteiger partial charge in [0.25, 0.3) is 11.8 Å². The molecule has 3 rings (SSSR count). The third kappa shape index (κ3) is 5.04. The lowest BCUT2D eigenvalue weighted by molar-refractivity contribution is -0.119. The number of carbonyl (C=O) groups excluding carboxylic acids is 3. The van der Waals surface area contributed by atoms with Gasteiger partial charge < -0.3 is 15.8 Å². The second kappa shape index (κ2) is 8.79. The monoisotopic (exact) mass is 392 g/mol. The van der Waals surface area contributed by atoms with Gasteiger partial charge in [-0.15, -0.1) is 0 Å². The Morgan fingerprint density at radius 3 is 2.10 bits per heavy atom. The second-order valence-corrected chi connectivity index (χ2v) is 6.12. The molecule has 6 nitrogen and oxygen atoms in total. The van der Waals surface area contributed by atoms with Crippen molar-refractivity contribution in [3.8, 4) is 5.75 Å². The summed E-state index contributed by atoms with van der Waals surface area (Å²) >= 11 is 0. The van der Waals surface area contributed by atoms with Gasteiger partial charge in [-0.25, -0.2) is 4.39 Å². The van der Waals surface area contributed by atoms with Gasteiger partial charge in [-0.3, -0.25) is 14.4 Å². The normalized spacial score (nSPS) is 10.2. The molecule has 29 heavy (non-hydrogen) atoms. The summed E-state index contributed by atoms with van der Waals surface area (Å²) in [7, 11) is 0. The molecule has 0 aromatic heterocycles. The fourth-order valence-corrected chi connectivity index (χ4v) is 2.62. The Kier molecular flexibility index (Phi) is 5.99. The molecule has 0 radical (unpaired) electrons. The molecule has 0 bridgehead atoms. The van der Waals surface area contributed by atoms with Crippen LogP contribution in [0, 0.1) is 5.82 Å². The van der Waals surface area contributed by atoms with Crippen molar-refractivity contribution in [1.82, 2.24) is 0 Å². The number of benzene rings is 3. The number of rotatable bonds is 7. The zero-order valence-electron chi connectivity index (χ0n) is 15.2. The van der Waals surface area contributed by atoms with Crippen molar-refractivity contribution in [3.05, 3.63) is 95.3 Å². The van der Waals surface area contributed by atoms with E-state index in [0.717, 1.165) is 0 Å². The summed E-state index contributed by atoms with van der Waals surface area (Å²) in [6.45, 7) is -0.245. The summed E-state index contributed by atoms with van der Waals surface area (Å²) in [4.78, 5) is 36.2. The summed E-state index contributed by atoms with van der Waals surface area (Å²) in [5.41, 5.74) is 6.18. The SMILES string of the molecule is NC(=O)COc1ccc(NC(=O)c2ccccc2C(=O)c2ccc(F)cc2)cc1. The predicted molar refractivity (Wildman–Crippen MR) is 105 cm³/mol. The van der Waals surface area contributed by atoms with E-state index in [1.54, 1.807) is 42.5 Å². The van der Waals surface area contributed by atoms with Crippen molar-refractivity contribution >= 4 is 23.3 Å². The number of carbonyl (C=O) groups is 3. The Balaban J connectivity index is 1.77. The van der Waals surface area contributed by atoms with E-state index in [0.29, 0.717) is 11.4 Å². The van der Waals surface area contributed by atoms with Crippen molar-refractivity contribution in [2.24, 2.45) is 5.73 Å². The van der Waals surface area contributed by atoms with Crippen LogP contribution in [-0.2, 0) is 4.79 Å². The number of ether oxygens (including phenoxy) is 1. The summed E-state index contributed by atoms with van der Waals surface area (Å²) in [6, 6.07) is 17.9. The highest BCUT2D eigenvalue weighted by molar-refractivity contribution is 6.17. The maximum absolute atomic E-state index is 13.1. The highest BCUT2D eigenvalue weighted by Gasteiger charge is 2.18. The van der Waals surface area contributed by atoms with Crippen LogP contribution in [0.1, 0.15) is 26.3 Å². The van der Waals surface area contributed by atoms with Gasteiger partial charge in [0, 0.05) is 16.8 Å². The molecule has 0 heterocycles. The molecular weight excluding hydrogens is 375 g/mol.